The molecule has 1 aromatic rings. The Labute approximate surface area is 142 Å². The summed E-state index contributed by atoms with van der Waals surface area (Å²) in [5, 5.41) is 11.6. The SMILES string of the molecule is N#Cc1ccc(NC(=O)N2CCCO[C@@H](CN3CCCC3)C2)cn1. The van der Waals surface area contributed by atoms with Crippen molar-refractivity contribution >= 4 is 11.7 Å². The summed E-state index contributed by atoms with van der Waals surface area (Å²) < 4.78 is 5.91. The summed E-state index contributed by atoms with van der Waals surface area (Å²) in [7, 11) is 0. The third kappa shape index (κ3) is 4.43. The minimum absolute atomic E-state index is 0.0652. The van der Waals surface area contributed by atoms with Gasteiger partial charge in [-0.1, -0.05) is 0 Å². The second-order valence-corrected chi connectivity index (χ2v) is 6.27. The second kappa shape index (κ2) is 8.08. The van der Waals surface area contributed by atoms with E-state index in [1.165, 1.54) is 19.0 Å². The van der Waals surface area contributed by atoms with E-state index in [1.54, 1.807) is 12.1 Å². The molecule has 2 fully saturated rings. The third-order valence-electron chi connectivity index (χ3n) is 4.43. The van der Waals surface area contributed by atoms with Crippen LogP contribution in [-0.2, 0) is 4.74 Å². The average molecular weight is 329 g/mol. The fourth-order valence-corrected chi connectivity index (χ4v) is 3.18. The molecule has 0 aliphatic carbocycles. The predicted molar refractivity (Wildman–Crippen MR) is 89.6 cm³/mol. The minimum atomic E-state index is -0.140. The zero-order valence-corrected chi connectivity index (χ0v) is 13.8. The van der Waals surface area contributed by atoms with Crippen LogP contribution in [0.1, 0.15) is 25.0 Å². The van der Waals surface area contributed by atoms with Gasteiger partial charge in [0.15, 0.2) is 0 Å². The summed E-state index contributed by atoms with van der Waals surface area (Å²) >= 11 is 0. The van der Waals surface area contributed by atoms with Crippen molar-refractivity contribution in [3.05, 3.63) is 24.0 Å². The average Bonchev–Trinajstić information content (AvgIpc) is 2.99. The Hall–Kier alpha value is -2.17. The Morgan fingerprint density at radius 3 is 2.88 bits per heavy atom. The van der Waals surface area contributed by atoms with Gasteiger partial charge in [-0.05, 0) is 44.5 Å². The largest absolute Gasteiger partial charge is 0.375 e. The molecule has 0 bridgehead atoms. The Morgan fingerprint density at radius 2 is 2.17 bits per heavy atom. The van der Waals surface area contributed by atoms with E-state index < -0.39 is 0 Å². The molecular weight excluding hydrogens is 306 g/mol. The highest BCUT2D eigenvalue weighted by molar-refractivity contribution is 5.89. The molecule has 0 unspecified atom stereocenters. The first-order valence-electron chi connectivity index (χ1n) is 8.50. The van der Waals surface area contributed by atoms with Gasteiger partial charge in [0.2, 0.25) is 0 Å². The van der Waals surface area contributed by atoms with Crippen molar-refractivity contribution in [2.75, 3.05) is 44.6 Å². The second-order valence-electron chi connectivity index (χ2n) is 6.27. The molecule has 1 aromatic heterocycles. The minimum Gasteiger partial charge on any atom is -0.375 e. The molecule has 2 aliphatic heterocycles. The van der Waals surface area contributed by atoms with Crippen LogP contribution in [0.3, 0.4) is 0 Å². The van der Waals surface area contributed by atoms with Crippen LogP contribution < -0.4 is 5.32 Å². The van der Waals surface area contributed by atoms with Crippen LogP contribution >= 0.6 is 0 Å². The summed E-state index contributed by atoms with van der Waals surface area (Å²) in [6.07, 6.45) is 4.92. The highest BCUT2D eigenvalue weighted by Gasteiger charge is 2.25. The molecule has 7 nitrogen and oxygen atoms in total. The number of aromatic nitrogens is 1. The molecule has 0 radical (unpaired) electrons. The lowest BCUT2D eigenvalue weighted by atomic mass is 10.3. The van der Waals surface area contributed by atoms with E-state index in [-0.39, 0.29) is 12.1 Å². The van der Waals surface area contributed by atoms with Crippen molar-refractivity contribution < 1.29 is 9.53 Å². The number of anilines is 1. The summed E-state index contributed by atoms with van der Waals surface area (Å²) in [5.74, 6) is 0. The molecule has 3 rings (SSSR count). The Morgan fingerprint density at radius 1 is 1.33 bits per heavy atom. The predicted octanol–water partition coefficient (Wildman–Crippen LogP) is 1.67. The van der Waals surface area contributed by atoms with E-state index in [0.29, 0.717) is 31.1 Å². The molecule has 1 atom stereocenters. The molecule has 7 heteroatoms. The molecule has 3 heterocycles. The van der Waals surface area contributed by atoms with Gasteiger partial charge >= 0.3 is 6.03 Å². The third-order valence-corrected chi connectivity index (χ3v) is 4.43. The number of urea groups is 1. The van der Waals surface area contributed by atoms with Crippen LogP contribution in [0, 0.1) is 11.3 Å². The normalized spacial score (nSPS) is 22.0. The van der Waals surface area contributed by atoms with Crippen LogP contribution in [0.2, 0.25) is 0 Å². The molecular formula is C17H23N5O2. The van der Waals surface area contributed by atoms with Crippen LogP contribution in [0.5, 0.6) is 0 Å². The van der Waals surface area contributed by atoms with Gasteiger partial charge < -0.3 is 19.9 Å². The standard InChI is InChI=1S/C17H23N5O2/c18-10-14-4-5-15(11-19-14)20-17(23)22-8-3-9-24-16(13-22)12-21-6-1-2-7-21/h4-5,11,16H,1-3,6-9,12-13H2,(H,20,23)/t16-/m0/s1. The van der Waals surface area contributed by atoms with Gasteiger partial charge in [0.25, 0.3) is 0 Å². The first-order chi connectivity index (χ1) is 11.7. The van der Waals surface area contributed by atoms with Crippen LogP contribution in [-0.4, -0.2) is 66.2 Å². The smallest absolute Gasteiger partial charge is 0.321 e. The van der Waals surface area contributed by atoms with E-state index in [0.717, 1.165) is 26.1 Å². The van der Waals surface area contributed by atoms with Gasteiger partial charge in [-0.15, -0.1) is 0 Å². The molecule has 24 heavy (non-hydrogen) atoms. The number of likely N-dealkylation sites (tertiary alicyclic amines) is 1. The van der Waals surface area contributed by atoms with Crippen molar-refractivity contribution in [1.29, 1.82) is 5.26 Å². The zero-order chi connectivity index (χ0) is 16.8. The number of hydrogen-bond acceptors (Lipinski definition) is 5. The van der Waals surface area contributed by atoms with Crippen LogP contribution in [0.25, 0.3) is 0 Å². The lowest BCUT2D eigenvalue weighted by molar-refractivity contribution is 0.0355. The number of pyridine rings is 1. The summed E-state index contributed by atoms with van der Waals surface area (Å²) in [6, 6.07) is 5.11. The maximum atomic E-state index is 12.5. The quantitative estimate of drug-likeness (QED) is 0.912. The maximum absolute atomic E-state index is 12.5. The van der Waals surface area contributed by atoms with E-state index in [1.807, 2.05) is 11.0 Å². The molecule has 2 aliphatic rings. The van der Waals surface area contributed by atoms with Gasteiger partial charge in [-0.3, -0.25) is 0 Å². The van der Waals surface area contributed by atoms with Gasteiger partial charge in [0.05, 0.1) is 18.0 Å². The Kier molecular flexibility index (Phi) is 5.62. The summed E-state index contributed by atoms with van der Waals surface area (Å²) in [6.45, 7) is 5.13. The van der Waals surface area contributed by atoms with Crippen molar-refractivity contribution in [1.82, 2.24) is 14.8 Å². The van der Waals surface area contributed by atoms with Crippen LogP contribution in [0.15, 0.2) is 18.3 Å². The van der Waals surface area contributed by atoms with E-state index in [4.69, 9.17) is 10.00 Å². The van der Waals surface area contributed by atoms with E-state index >= 15 is 0 Å². The molecule has 128 valence electrons. The van der Waals surface area contributed by atoms with Crippen molar-refractivity contribution in [2.45, 2.75) is 25.4 Å². The Balaban J connectivity index is 1.56. The first kappa shape index (κ1) is 16.7. The van der Waals surface area contributed by atoms with Gasteiger partial charge in [0, 0.05) is 26.2 Å². The Bertz CT molecular complexity index is 592. The van der Waals surface area contributed by atoms with Crippen LogP contribution in [0.4, 0.5) is 10.5 Å². The number of nitriles is 1. The van der Waals surface area contributed by atoms with Crippen molar-refractivity contribution in [2.24, 2.45) is 0 Å². The van der Waals surface area contributed by atoms with Gasteiger partial charge in [-0.25, -0.2) is 9.78 Å². The number of ether oxygens (including phenoxy) is 1. The highest BCUT2D eigenvalue weighted by Crippen LogP contribution is 2.14. The lowest BCUT2D eigenvalue weighted by Gasteiger charge is -2.27. The fraction of sp³-hybridized carbons (Fsp3) is 0.588. The monoisotopic (exact) mass is 329 g/mol. The van der Waals surface area contributed by atoms with Gasteiger partial charge in [-0.2, -0.15) is 5.26 Å². The molecule has 0 spiro atoms. The van der Waals surface area contributed by atoms with E-state index in [2.05, 4.69) is 15.2 Å². The number of carbonyl (C=O) groups is 1. The van der Waals surface area contributed by atoms with Crippen molar-refractivity contribution in [3.63, 3.8) is 0 Å². The fourth-order valence-electron chi connectivity index (χ4n) is 3.18. The topological polar surface area (TPSA) is 81.5 Å². The first-order valence-corrected chi connectivity index (χ1v) is 8.50. The zero-order valence-electron chi connectivity index (χ0n) is 13.8. The molecule has 1 N–H and O–H groups in total. The summed E-state index contributed by atoms with van der Waals surface area (Å²) in [5.41, 5.74) is 0.933. The number of rotatable bonds is 3. The molecule has 2 amide bonds. The summed E-state index contributed by atoms with van der Waals surface area (Å²) in [4.78, 5) is 20.7. The molecule has 2 saturated heterocycles. The lowest BCUT2D eigenvalue weighted by Crippen LogP contribution is -2.43. The highest BCUT2D eigenvalue weighted by atomic mass is 16.5. The number of hydrogen-bond donors (Lipinski definition) is 1. The number of amides is 2. The number of carbonyl (C=O) groups excluding carboxylic acids is 1. The molecule has 0 aromatic carbocycles. The van der Waals surface area contributed by atoms with E-state index in [9.17, 15) is 4.79 Å². The number of nitrogens with one attached hydrogen (secondary N) is 1. The number of nitrogens with zero attached hydrogens (tertiary/aromatic N) is 4. The van der Waals surface area contributed by atoms with Crippen molar-refractivity contribution in [3.8, 4) is 6.07 Å². The maximum Gasteiger partial charge on any atom is 0.321 e. The van der Waals surface area contributed by atoms with Gasteiger partial charge in [0.1, 0.15) is 11.8 Å². The molecule has 0 saturated carbocycles.